The van der Waals surface area contributed by atoms with Crippen LogP contribution in [0.3, 0.4) is 0 Å². The number of nitrogens with one attached hydrogen (secondary N) is 1. The fourth-order valence-electron chi connectivity index (χ4n) is 0.958. The molecule has 0 aromatic heterocycles. The Bertz CT molecular complexity index is 319. The number of amides is 2. The molecule has 0 aromatic rings. The maximum Gasteiger partial charge on any atom is 0.276 e. The lowest BCUT2D eigenvalue weighted by Gasteiger charge is -2.17. The first-order chi connectivity index (χ1) is 5.41. The van der Waals surface area contributed by atoms with Gasteiger partial charge in [0.25, 0.3) is 10.1 Å². The van der Waals surface area contributed by atoms with Crippen LogP contribution in [-0.4, -0.2) is 30.0 Å². The molecule has 68 valence electrons. The Morgan fingerprint density at radius 1 is 1.42 bits per heavy atom. The third-order valence-electron chi connectivity index (χ3n) is 1.55. The molecule has 0 spiro atoms. The Hall–Kier alpha value is -0.950. The van der Waals surface area contributed by atoms with Crippen molar-refractivity contribution in [2.75, 3.05) is 0 Å². The van der Waals surface area contributed by atoms with Gasteiger partial charge in [-0.2, -0.15) is 8.42 Å². The first-order valence-electron chi connectivity index (χ1n) is 3.21. The van der Waals surface area contributed by atoms with Crippen molar-refractivity contribution in [3.63, 3.8) is 0 Å². The van der Waals surface area contributed by atoms with Crippen molar-refractivity contribution in [1.82, 2.24) is 5.32 Å². The molecule has 6 nitrogen and oxygen atoms in total. The predicted molar refractivity (Wildman–Crippen MR) is 37.7 cm³/mol. The Labute approximate surface area is 68.7 Å². The summed E-state index contributed by atoms with van der Waals surface area (Å²) in [5.41, 5.74) is 0. The maximum atomic E-state index is 10.8. The van der Waals surface area contributed by atoms with E-state index >= 15 is 0 Å². The van der Waals surface area contributed by atoms with E-state index in [2.05, 4.69) is 0 Å². The van der Waals surface area contributed by atoms with Crippen molar-refractivity contribution in [2.45, 2.75) is 18.1 Å². The molecule has 12 heavy (non-hydrogen) atoms. The molecule has 0 aromatic carbocycles. The van der Waals surface area contributed by atoms with E-state index in [1.165, 1.54) is 0 Å². The highest BCUT2D eigenvalue weighted by molar-refractivity contribution is 7.87. The van der Waals surface area contributed by atoms with Gasteiger partial charge in [0.2, 0.25) is 11.8 Å². The van der Waals surface area contributed by atoms with Crippen molar-refractivity contribution in [3.8, 4) is 0 Å². The summed E-state index contributed by atoms with van der Waals surface area (Å²) >= 11 is 0. The topological polar surface area (TPSA) is 101 Å². The molecule has 1 heterocycles. The van der Waals surface area contributed by atoms with Crippen LogP contribution in [0.2, 0.25) is 0 Å². The van der Waals surface area contributed by atoms with Gasteiger partial charge >= 0.3 is 0 Å². The van der Waals surface area contributed by atoms with Crippen molar-refractivity contribution in [2.24, 2.45) is 0 Å². The van der Waals surface area contributed by atoms with Gasteiger partial charge in [0, 0.05) is 6.42 Å². The summed E-state index contributed by atoms with van der Waals surface area (Å²) in [5.74, 6) is -1.46. The third-order valence-corrected chi connectivity index (χ3v) is 2.72. The lowest BCUT2D eigenvalue weighted by Crippen LogP contribution is -2.47. The minimum Gasteiger partial charge on any atom is -0.295 e. The fourth-order valence-corrected chi connectivity index (χ4v) is 1.70. The molecule has 2 amide bonds. The van der Waals surface area contributed by atoms with E-state index in [1.54, 1.807) is 0 Å². The van der Waals surface area contributed by atoms with Crippen molar-refractivity contribution in [1.29, 1.82) is 0 Å². The lowest BCUT2D eigenvalue weighted by molar-refractivity contribution is -0.132. The van der Waals surface area contributed by atoms with Crippen LogP contribution in [0.25, 0.3) is 0 Å². The monoisotopic (exact) mass is 193 g/mol. The molecule has 1 saturated heterocycles. The van der Waals surface area contributed by atoms with E-state index in [1.807, 2.05) is 5.32 Å². The standard InChI is InChI=1S/C5H7NO5S/c7-4-2-1-3(5(8)6-4)12(9,10)11/h3H,1-2H2,(H,6,7,8)(H,9,10,11). The second-order valence-corrected chi connectivity index (χ2v) is 4.05. The summed E-state index contributed by atoms with van der Waals surface area (Å²) in [5, 5.41) is 0.328. The van der Waals surface area contributed by atoms with Gasteiger partial charge < -0.3 is 0 Å². The molecule has 1 rings (SSSR count). The number of carbonyl (C=O) groups is 2. The molecule has 1 atom stereocenters. The molecule has 1 fully saturated rings. The zero-order valence-electron chi connectivity index (χ0n) is 5.98. The molecule has 1 unspecified atom stereocenters. The zero-order chi connectivity index (χ0) is 9.35. The van der Waals surface area contributed by atoms with Crippen LogP contribution in [0.1, 0.15) is 12.8 Å². The van der Waals surface area contributed by atoms with Crippen LogP contribution in [0.4, 0.5) is 0 Å². The van der Waals surface area contributed by atoms with Gasteiger partial charge in [-0.3, -0.25) is 19.5 Å². The minimum atomic E-state index is -4.36. The molecular weight excluding hydrogens is 186 g/mol. The molecule has 0 saturated carbocycles. The van der Waals surface area contributed by atoms with Gasteiger partial charge in [0.05, 0.1) is 0 Å². The van der Waals surface area contributed by atoms with Crippen molar-refractivity contribution >= 4 is 21.9 Å². The first-order valence-corrected chi connectivity index (χ1v) is 4.71. The molecule has 1 aliphatic rings. The largest absolute Gasteiger partial charge is 0.295 e. The van der Waals surface area contributed by atoms with Gasteiger partial charge in [-0.25, -0.2) is 0 Å². The number of rotatable bonds is 1. The Morgan fingerprint density at radius 3 is 2.42 bits per heavy atom. The van der Waals surface area contributed by atoms with Crippen LogP contribution in [0, 0.1) is 0 Å². The number of piperidine rings is 1. The quantitative estimate of drug-likeness (QED) is 0.397. The summed E-state index contributed by atoms with van der Waals surface area (Å²) in [6.45, 7) is 0. The van der Waals surface area contributed by atoms with Crippen LogP contribution in [-0.2, 0) is 19.7 Å². The summed E-state index contributed by atoms with van der Waals surface area (Å²) in [7, 11) is -4.36. The molecule has 1 aliphatic heterocycles. The van der Waals surface area contributed by atoms with Gasteiger partial charge in [-0.1, -0.05) is 0 Å². The fraction of sp³-hybridized carbons (Fsp3) is 0.600. The minimum absolute atomic E-state index is 0.0593. The van der Waals surface area contributed by atoms with E-state index in [4.69, 9.17) is 4.55 Å². The lowest BCUT2D eigenvalue weighted by atomic mass is 10.1. The summed E-state index contributed by atoms with van der Waals surface area (Å²) in [6, 6.07) is 0. The highest BCUT2D eigenvalue weighted by Crippen LogP contribution is 2.11. The number of hydrogen-bond acceptors (Lipinski definition) is 4. The van der Waals surface area contributed by atoms with E-state index < -0.39 is 27.2 Å². The van der Waals surface area contributed by atoms with E-state index in [9.17, 15) is 18.0 Å². The molecule has 0 aliphatic carbocycles. The molecule has 0 radical (unpaired) electrons. The van der Waals surface area contributed by atoms with Crippen molar-refractivity contribution in [3.05, 3.63) is 0 Å². The second kappa shape index (κ2) is 2.83. The van der Waals surface area contributed by atoms with Gasteiger partial charge in [-0.05, 0) is 6.42 Å². The average Bonchev–Trinajstić information content (AvgIpc) is 1.83. The van der Waals surface area contributed by atoms with Gasteiger partial charge in [0.1, 0.15) is 0 Å². The van der Waals surface area contributed by atoms with Crippen LogP contribution in [0.15, 0.2) is 0 Å². The van der Waals surface area contributed by atoms with Gasteiger partial charge in [-0.15, -0.1) is 0 Å². The zero-order valence-corrected chi connectivity index (χ0v) is 6.80. The first kappa shape index (κ1) is 9.14. The highest BCUT2D eigenvalue weighted by atomic mass is 32.2. The van der Waals surface area contributed by atoms with Crippen LogP contribution >= 0.6 is 0 Å². The summed E-state index contributed by atoms with van der Waals surface area (Å²) in [4.78, 5) is 21.3. The van der Waals surface area contributed by atoms with Crippen LogP contribution in [0.5, 0.6) is 0 Å². The molecule has 7 heteroatoms. The molecular formula is C5H7NO5S. The highest BCUT2D eigenvalue weighted by Gasteiger charge is 2.35. The van der Waals surface area contributed by atoms with Crippen LogP contribution < -0.4 is 5.32 Å². The number of carbonyl (C=O) groups excluding carboxylic acids is 2. The second-order valence-electron chi connectivity index (χ2n) is 2.45. The molecule has 0 bridgehead atoms. The SMILES string of the molecule is O=C1CCC(S(=O)(=O)O)C(=O)N1. The maximum absolute atomic E-state index is 10.8. The normalized spacial score (nSPS) is 25.2. The smallest absolute Gasteiger partial charge is 0.276 e. The van der Waals surface area contributed by atoms with E-state index in [-0.39, 0.29) is 12.8 Å². The predicted octanol–water partition coefficient (Wildman–Crippen LogP) is -1.32. The number of hydrogen-bond donors (Lipinski definition) is 2. The number of imide groups is 1. The Balaban J connectivity index is 2.83. The van der Waals surface area contributed by atoms with E-state index in [0.29, 0.717) is 0 Å². The average molecular weight is 193 g/mol. The van der Waals surface area contributed by atoms with E-state index in [0.717, 1.165) is 0 Å². The Kier molecular flexibility index (Phi) is 2.16. The molecule has 2 N–H and O–H groups in total. The Morgan fingerprint density at radius 2 is 2.00 bits per heavy atom. The van der Waals surface area contributed by atoms with Gasteiger partial charge in [0.15, 0.2) is 5.25 Å². The summed E-state index contributed by atoms with van der Waals surface area (Å²) in [6.07, 6.45) is -0.209. The third kappa shape index (κ3) is 1.80. The van der Waals surface area contributed by atoms with Crippen molar-refractivity contribution < 1.29 is 22.6 Å². The summed E-state index contributed by atoms with van der Waals surface area (Å²) < 4.78 is 29.5.